The van der Waals surface area contributed by atoms with E-state index in [9.17, 15) is 28.0 Å². The molecule has 0 radical (unpaired) electrons. The zero-order valence-electron chi connectivity index (χ0n) is 11.7. The van der Waals surface area contributed by atoms with Crippen molar-refractivity contribution >= 4 is 15.7 Å². The van der Waals surface area contributed by atoms with Crippen molar-refractivity contribution in [2.75, 3.05) is 6.54 Å². The van der Waals surface area contributed by atoms with Gasteiger partial charge < -0.3 is 5.11 Å². The molecule has 0 aromatic heterocycles. The van der Waals surface area contributed by atoms with Crippen molar-refractivity contribution in [1.82, 2.24) is 4.72 Å². The van der Waals surface area contributed by atoms with Crippen LogP contribution in [-0.4, -0.2) is 30.6 Å². The maximum absolute atomic E-state index is 13.5. The van der Waals surface area contributed by atoms with Crippen LogP contribution in [0.3, 0.4) is 0 Å². The number of sulfonamides is 1. The number of hydrogen-bond donors (Lipinski definition) is 2. The first-order valence-corrected chi connectivity index (χ1v) is 7.80. The van der Waals surface area contributed by atoms with Crippen LogP contribution in [0.2, 0.25) is 0 Å². The van der Waals surface area contributed by atoms with Gasteiger partial charge in [-0.25, -0.2) is 13.1 Å². The lowest BCUT2D eigenvalue weighted by Gasteiger charge is -2.25. The van der Waals surface area contributed by atoms with Gasteiger partial charge in [0.2, 0.25) is 15.8 Å². The fourth-order valence-electron chi connectivity index (χ4n) is 1.70. The highest BCUT2D eigenvalue weighted by molar-refractivity contribution is 7.89. The quantitative estimate of drug-likeness (QED) is 0.585. The number of hydrogen-bond acceptors (Lipinski definition) is 5. The predicted molar refractivity (Wildman–Crippen MR) is 73.8 cm³/mol. The van der Waals surface area contributed by atoms with Crippen LogP contribution in [0.4, 0.5) is 10.1 Å². The van der Waals surface area contributed by atoms with E-state index in [0.717, 1.165) is 18.2 Å². The molecule has 0 heterocycles. The van der Waals surface area contributed by atoms with Gasteiger partial charge in [0.15, 0.2) is 4.90 Å². The molecule has 1 rings (SSSR count). The summed E-state index contributed by atoms with van der Waals surface area (Å²) in [5.41, 5.74) is -2.36. The average Bonchev–Trinajstić information content (AvgIpc) is 2.44. The average molecular weight is 320 g/mol. The molecule has 0 aliphatic rings. The molecule has 21 heavy (non-hydrogen) atoms. The molecule has 0 fully saturated rings. The highest BCUT2D eigenvalue weighted by Crippen LogP contribution is 2.26. The normalized spacial score (nSPS) is 12.4. The summed E-state index contributed by atoms with van der Waals surface area (Å²) in [5.74, 6) is -1.23. The molecule has 0 aliphatic carbocycles. The Morgan fingerprint density at radius 2 is 1.95 bits per heavy atom. The summed E-state index contributed by atoms with van der Waals surface area (Å²) >= 11 is 0. The zero-order valence-corrected chi connectivity index (χ0v) is 12.5. The second-order valence-corrected chi connectivity index (χ2v) is 6.34. The third-order valence-electron chi connectivity index (χ3n) is 3.33. The van der Waals surface area contributed by atoms with Crippen molar-refractivity contribution in [3.05, 3.63) is 34.1 Å². The lowest BCUT2D eigenvalue weighted by Crippen LogP contribution is -2.42. The van der Waals surface area contributed by atoms with E-state index >= 15 is 0 Å². The van der Waals surface area contributed by atoms with Gasteiger partial charge in [0.25, 0.3) is 0 Å². The minimum absolute atomic E-state index is 0.303. The summed E-state index contributed by atoms with van der Waals surface area (Å²) in [4.78, 5) is 8.98. The number of aliphatic hydroxyl groups is 1. The second-order valence-electron chi connectivity index (χ2n) is 4.60. The Hall–Kier alpha value is -1.58. The van der Waals surface area contributed by atoms with E-state index in [1.54, 1.807) is 13.8 Å². The van der Waals surface area contributed by atoms with Gasteiger partial charge >= 0.3 is 5.69 Å². The summed E-state index contributed by atoms with van der Waals surface area (Å²) < 4.78 is 39.7. The summed E-state index contributed by atoms with van der Waals surface area (Å²) in [6.07, 6.45) is 0.606. The molecule has 0 saturated carbocycles. The van der Waals surface area contributed by atoms with Crippen LogP contribution in [0.25, 0.3) is 0 Å². The first kappa shape index (κ1) is 17.5. The van der Waals surface area contributed by atoms with Crippen molar-refractivity contribution in [1.29, 1.82) is 0 Å². The summed E-state index contributed by atoms with van der Waals surface area (Å²) in [6, 6.07) is 2.83. The third kappa shape index (κ3) is 3.96. The van der Waals surface area contributed by atoms with Crippen LogP contribution in [-0.2, 0) is 10.0 Å². The predicted octanol–water partition coefficient (Wildman–Crippen LogP) is 1.56. The number of nitrogens with zero attached hydrogens (tertiary/aromatic N) is 1. The monoisotopic (exact) mass is 320 g/mol. The van der Waals surface area contributed by atoms with Crippen LogP contribution in [0.15, 0.2) is 23.1 Å². The molecule has 0 amide bonds. The van der Waals surface area contributed by atoms with Gasteiger partial charge in [-0.3, -0.25) is 10.1 Å². The number of nitro groups is 1. The van der Waals surface area contributed by atoms with E-state index in [1.807, 2.05) is 0 Å². The molecule has 1 aromatic rings. The minimum atomic E-state index is -4.30. The molecule has 118 valence electrons. The molecule has 0 atom stereocenters. The first-order valence-electron chi connectivity index (χ1n) is 6.32. The fraction of sp³-hybridized carbons (Fsp3) is 0.500. The number of nitrogens with one attached hydrogen (secondary N) is 1. The van der Waals surface area contributed by atoms with Gasteiger partial charge in [-0.2, -0.15) is 4.39 Å². The third-order valence-corrected chi connectivity index (χ3v) is 4.76. The van der Waals surface area contributed by atoms with E-state index in [-0.39, 0.29) is 6.54 Å². The summed E-state index contributed by atoms with van der Waals surface area (Å²) in [6.45, 7) is 3.06. The van der Waals surface area contributed by atoms with Crippen molar-refractivity contribution in [2.45, 2.75) is 37.2 Å². The van der Waals surface area contributed by atoms with Gasteiger partial charge in [0, 0.05) is 6.54 Å². The number of rotatable bonds is 7. The molecule has 1 aromatic carbocycles. The number of para-hydroxylation sites is 1. The highest BCUT2D eigenvalue weighted by atomic mass is 32.2. The maximum atomic E-state index is 13.5. The lowest BCUT2D eigenvalue weighted by molar-refractivity contribution is -0.390. The molecule has 0 aliphatic heterocycles. The molecular formula is C12H17FN2O5S. The van der Waals surface area contributed by atoms with E-state index in [4.69, 9.17) is 0 Å². The first-order chi connectivity index (χ1) is 9.67. The van der Waals surface area contributed by atoms with E-state index in [0.29, 0.717) is 12.8 Å². The van der Waals surface area contributed by atoms with Crippen LogP contribution >= 0.6 is 0 Å². The van der Waals surface area contributed by atoms with Crippen molar-refractivity contribution < 1.29 is 22.8 Å². The minimum Gasteiger partial charge on any atom is -0.389 e. The van der Waals surface area contributed by atoms with E-state index in [2.05, 4.69) is 4.72 Å². The molecule has 2 N–H and O–H groups in total. The van der Waals surface area contributed by atoms with Crippen molar-refractivity contribution in [2.24, 2.45) is 0 Å². The molecule has 9 heteroatoms. The molecule has 0 unspecified atom stereocenters. The smallest absolute Gasteiger partial charge is 0.324 e. The zero-order chi connectivity index (χ0) is 16.3. The Bertz CT molecular complexity index is 629. The highest BCUT2D eigenvalue weighted by Gasteiger charge is 2.31. The van der Waals surface area contributed by atoms with E-state index < -0.39 is 36.9 Å². The fourth-order valence-corrected chi connectivity index (χ4v) is 3.00. The Morgan fingerprint density at radius 3 is 2.43 bits per heavy atom. The van der Waals surface area contributed by atoms with Crippen LogP contribution in [0.1, 0.15) is 26.7 Å². The topological polar surface area (TPSA) is 110 Å². The SMILES string of the molecule is CCC(O)(CC)CNS(=O)(=O)c1cccc(F)c1[N+](=O)[O-]. The van der Waals surface area contributed by atoms with E-state index in [1.165, 1.54) is 0 Å². The van der Waals surface area contributed by atoms with Gasteiger partial charge in [-0.05, 0) is 25.0 Å². The largest absolute Gasteiger partial charge is 0.389 e. The van der Waals surface area contributed by atoms with Gasteiger partial charge in [0.1, 0.15) is 0 Å². The Morgan fingerprint density at radius 1 is 1.38 bits per heavy atom. The molecule has 7 nitrogen and oxygen atoms in total. The summed E-state index contributed by atoms with van der Waals surface area (Å²) in [7, 11) is -4.30. The van der Waals surface area contributed by atoms with Crippen molar-refractivity contribution in [3.63, 3.8) is 0 Å². The Kier molecular flexibility index (Phi) is 5.37. The standard InChI is InChI=1S/C12H17FN2O5S/c1-3-12(16,4-2)8-14-21(19,20)10-7-5-6-9(13)11(10)15(17)18/h5-7,14,16H,3-4,8H2,1-2H3. The van der Waals surface area contributed by atoms with Crippen LogP contribution < -0.4 is 4.72 Å². The lowest BCUT2D eigenvalue weighted by atomic mass is 9.98. The molecule has 0 spiro atoms. The molecular weight excluding hydrogens is 303 g/mol. The van der Waals surface area contributed by atoms with Gasteiger partial charge in [0.05, 0.1) is 10.5 Å². The van der Waals surface area contributed by atoms with Crippen LogP contribution in [0.5, 0.6) is 0 Å². The number of benzene rings is 1. The second kappa shape index (κ2) is 6.46. The Balaban J connectivity index is 3.16. The summed E-state index contributed by atoms with van der Waals surface area (Å²) in [5, 5.41) is 20.9. The van der Waals surface area contributed by atoms with Crippen LogP contribution in [0, 0.1) is 15.9 Å². The Labute approximate surface area is 122 Å². The van der Waals surface area contributed by atoms with Crippen molar-refractivity contribution in [3.8, 4) is 0 Å². The molecule has 0 bridgehead atoms. The maximum Gasteiger partial charge on any atom is 0.324 e. The number of nitro benzene ring substituents is 1. The van der Waals surface area contributed by atoms with Gasteiger partial charge in [-0.15, -0.1) is 0 Å². The number of halogens is 1. The van der Waals surface area contributed by atoms with Gasteiger partial charge in [-0.1, -0.05) is 19.9 Å². The molecule has 0 saturated heterocycles.